The van der Waals surface area contributed by atoms with Gasteiger partial charge in [-0.2, -0.15) is 0 Å². The summed E-state index contributed by atoms with van der Waals surface area (Å²) in [5, 5.41) is 0.591. The zero-order chi connectivity index (χ0) is 14.8. The molecule has 0 spiro atoms. The maximum Gasteiger partial charge on any atom is 0.160 e. The molecule has 6 heteroatoms. The average Bonchev–Trinajstić information content (AvgIpc) is 2.79. The van der Waals surface area contributed by atoms with Crippen LogP contribution in [0.25, 0.3) is 11.2 Å². The second-order valence-electron chi connectivity index (χ2n) is 4.68. The van der Waals surface area contributed by atoms with Crippen LogP contribution in [-0.2, 0) is 13.0 Å². The number of nitrogens with zero attached hydrogens (tertiary/aromatic N) is 3. The molecule has 0 saturated heterocycles. The van der Waals surface area contributed by atoms with Gasteiger partial charge in [0.25, 0.3) is 0 Å². The standard InChI is InChI=1S/C15H12BrCl2N3/c16-11-3-1-10(2-4-11)9-21-14(5-6-17)20-13-7-12(18)8-19-15(13)21/h1-4,7-8H,5-6,9H2. The molecule has 0 amide bonds. The summed E-state index contributed by atoms with van der Waals surface area (Å²) in [4.78, 5) is 9.01. The van der Waals surface area contributed by atoms with Crippen molar-refractivity contribution in [3.63, 3.8) is 0 Å². The zero-order valence-corrected chi connectivity index (χ0v) is 14.2. The summed E-state index contributed by atoms with van der Waals surface area (Å²) in [6, 6.07) is 10.0. The van der Waals surface area contributed by atoms with Gasteiger partial charge >= 0.3 is 0 Å². The molecule has 21 heavy (non-hydrogen) atoms. The molecule has 2 aromatic heterocycles. The summed E-state index contributed by atoms with van der Waals surface area (Å²) >= 11 is 15.3. The van der Waals surface area contributed by atoms with E-state index < -0.39 is 0 Å². The van der Waals surface area contributed by atoms with E-state index in [4.69, 9.17) is 23.2 Å². The summed E-state index contributed by atoms with van der Waals surface area (Å²) < 4.78 is 3.16. The third kappa shape index (κ3) is 3.23. The van der Waals surface area contributed by atoms with Crippen LogP contribution >= 0.6 is 39.1 Å². The minimum absolute atomic E-state index is 0.525. The summed E-state index contributed by atoms with van der Waals surface area (Å²) in [5.74, 6) is 1.45. The maximum atomic E-state index is 5.99. The molecule has 0 aliphatic rings. The van der Waals surface area contributed by atoms with Gasteiger partial charge in [0.2, 0.25) is 0 Å². The predicted molar refractivity (Wildman–Crippen MR) is 90.2 cm³/mol. The second-order valence-corrected chi connectivity index (χ2v) is 6.41. The Kier molecular flexibility index (Phi) is 4.48. The van der Waals surface area contributed by atoms with Crippen molar-refractivity contribution in [2.75, 3.05) is 5.88 Å². The minimum atomic E-state index is 0.525. The van der Waals surface area contributed by atoms with Gasteiger partial charge in [-0.05, 0) is 23.8 Å². The van der Waals surface area contributed by atoms with Crippen LogP contribution in [0.5, 0.6) is 0 Å². The average molecular weight is 385 g/mol. The lowest BCUT2D eigenvalue weighted by Gasteiger charge is -2.08. The Morgan fingerprint density at radius 1 is 1.19 bits per heavy atom. The zero-order valence-electron chi connectivity index (χ0n) is 11.1. The molecule has 3 rings (SSSR count). The van der Waals surface area contributed by atoms with E-state index in [-0.39, 0.29) is 0 Å². The number of rotatable bonds is 4. The van der Waals surface area contributed by atoms with Gasteiger partial charge in [0.1, 0.15) is 11.3 Å². The molecule has 3 nitrogen and oxygen atoms in total. The number of hydrogen-bond acceptors (Lipinski definition) is 2. The summed E-state index contributed by atoms with van der Waals surface area (Å²) in [5.41, 5.74) is 2.83. The monoisotopic (exact) mass is 383 g/mol. The number of alkyl halides is 1. The van der Waals surface area contributed by atoms with Crippen LogP contribution < -0.4 is 0 Å². The summed E-state index contributed by atoms with van der Waals surface area (Å²) in [7, 11) is 0. The van der Waals surface area contributed by atoms with Gasteiger partial charge in [0.15, 0.2) is 5.65 Å². The van der Waals surface area contributed by atoms with Gasteiger partial charge in [0.05, 0.1) is 11.6 Å². The Balaban J connectivity index is 2.06. The van der Waals surface area contributed by atoms with Crippen molar-refractivity contribution >= 4 is 50.3 Å². The Morgan fingerprint density at radius 2 is 1.95 bits per heavy atom. The number of halogens is 3. The molecule has 0 aliphatic heterocycles. The first-order valence-electron chi connectivity index (χ1n) is 6.48. The number of benzene rings is 1. The SMILES string of the molecule is ClCCc1nc2cc(Cl)cnc2n1Cc1ccc(Br)cc1. The highest BCUT2D eigenvalue weighted by Crippen LogP contribution is 2.20. The van der Waals surface area contributed by atoms with E-state index in [9.17, 15) is 0 Å². The van der Waals surface area contributed by atoms with Crippen LogP contribution in [0, 0.1) is 0 Å². The number of pyridine rings is 1. The maximum absolute atomic E-state index is 5.99. The molecule has 2 heterocycles. The molecule has 0 aliphatic carbocycles. The predicted octanol–water partition coefficient (Wildman–Crippen LogP) is 4.68. The largest absolute Gasteiger partial charge is 0.308 e. The van der Waals surface area contributed by atoms with E-state index in [1.165, 1.54) is 5.56 Å². The van der Waals surface area contributed by atoms with Gasteiger partial charge in [-0.25, -0.2) is 9.97 Å². The molecule has 0 radical (unpaired) electrons. The molecule has 1 aromatic carbocycles. The van der Waals surface area contributed by atoms with Gasteiger partial charge in [0, 0.05) is 23.0 Å². The van der Waals surface area contributed by atoms with E-state index in [0.29, 0.717) is 23.9 Å². The van der Waals surface area contributed by atoms with Crippen LogP contribution in [0.1, 0.15) is 11.4 Å². The number of fused-ring (bicyclic) bond motifs is 1. The molecule has 0 bridgehead atoms. The van der Waals surface area contributed by atoms with E-state index >= 15 is 0 Å². The van der Waals surface area contributed by atoms with Crippen LogP contribution in [0.3, 0.4) is 0 Å². The van der Waals surface area contributed by atoms with E-state index in [2.05, 4.69) is 42.6 Å². The van der Waals surface area contributed by atoms with Crippen molar-refractivity contribution < 1.29 is 0 Å². The quantitative estimate of drug-likeness (QED) is 0.611. The van der Waals surface area contributed by atoms with E-state index in [1.807, 2.05) is 18.2 Å². The number of aromatic nitrogens is 3. The van der Waals surface area contributed by atoms with Crippen molar-refractivity contribution in [3.8, 4) is 0 Å². The van der Waals surface area contributed by atoms with Crippen LogP contribution in [-0.4, -0.2) is 20.4 Å². The first-order chi connectivity index (χ1) is 10.2. The van der Waals surface area contributed by atoms with Gasteiger partial charge < -0.3 is 4.57 Å². The summed E-state index contributed by atoms with van der Waals surface area (Å²) in [6.45, 7) is 0.713. The molecule has 0 atom stereocenters. The van der Waals surface area contributed by atoms with Crippen LogP contribution in [0.2, 0.25) is 5.02 Å². The molecule has 0 unspecified atom stereocenters. The lowest BCUT2D eigenvalue weighted by molar-refractivity contribution is 0.747. The number of imidazole rings is 1. The smallest absolute Gasteiger partial charge is 0.160 e. The molecular formula is C15H12BrCl2N3. The fraction of sp³-hybridized carbons (Fsp3) is 0.200. The van der Waals surface area contributed by atoms with Gasteiger partial charge in [-0.15, -0.1) is 11.6 Å². The van der Waals surface area contributed by atoms with Crippen molar-refractivity contribution in [3.05, 3.63) is 57.4 Å². The lowest BCUT2D eigenvalue weighted by Crippen LogP contribution is -2.06. The van der Waals surface area contributed by atoms with Crippen molar-refractivity contribution in [1.29, 1.82) is 0 Å². The molecule has 0 fully saturated rings. The normalized spacial score (nSPS) is 11.2. The van der Waals surface area contributed by atoms with Gasteiger partial charge in [-0.1, -0.05) is 39.7 Å². The highest BCUT2D eigenvalue weighted by atomic mass is 79.9. The van der Waals surface area contributed by atoms with Crippen molar-refractivity contribution in [1.82, 2.24) is 14.5 Å². The van der Waals surface area contributed by atoms with Crippen molar-refractivity contribution in [2.45, 2.75) is 13.0 Å². The Morgan fingerprint density at radius 3 is 2.67 bits per heavy atom. The highest BCUT2D eigenvalue weighted by molar-refractivity contribution is 9.10. The fourth-order valence-corrected chi connectivity index (χ4v) is 2.83. The van der Waals surface area contributed by atoms with Gasteiger partial charge in [-0.3, -0.25) is 0 Å². The second kappa shape index (κ2) is 6.34. The molecule has 3 aromatic rings. The summed E-state index contributed by atoms with van der Waals surface area (Å²) in [6.07, 6.45) is 2.35. The lowest BCUT2D eigenvalue weighted by atomic mass is 10.2. The van der Waals surface area contributed by atoms with E-state index in [0.717, 1.165) is 21.5 Å². The molecule has 108 valence electrons. The van der Waals surface area contributed by atoms with Crippen LogP contribution in [0.15, 0.2) is 41.0 Å². The Hall–Kier alpha value is -1.10. The number of aryl methyl sites for hydroxylation is 1. The van der Waals surface area contributed by atoms with Crippen LogP contribution in [0.4, 0.5) is 0 Å². The Bertz CT molecular complexity index is 768. The van der Waals surface area contributed by atoms with E-state index in [1.54, 1.807) is 6.20 Å². The van der Waals surface area contributed by atoms with Crippen molar-refractivity contribution in [2.24, 2.45) is 0 Å². The first kappa shape index (κ1) is 14.8. The molecule has 0 N–H and O–H groups in total. The minimum Gasteiger partial charge on any atom is -0.308 e. The topological polar surface area (TPSA) is 30.7 Å². The molecular weight excluding hydrogens is 373 g/mol. The molecule has 0 saturated carbocycles. The third-order valence-electron chi connectivity index (χ3n) is 3.20. The third-order valence-corrected chi connectivity index (χ3v) is 4.13. The Labute approximate surface area is 141 Å². The highest BCUT2D eigenvalue weighted by Gasteiger charge is 2.12. The number of hydrogen-bond donors (Lipinski definition) is 0. The first-order valence-corrected chi connectivity index (χ1v) is 8.19. The fourth-order valence-electron chi connectivity index (χ4n) is 2.25.